The van der Waals surface area contributed by atoms with Crippen molar-refractivity contribution >= 4 is 49.7 Å². The smallest absolute Gasteiger partial charge is 0.324 e. The van der Waals surface area contributed by atoms with Crippen molar-refractivity contribution in [3.8, 4) is 0 Å². The van der Waals surface area contributed by atoms with Gasteiger partial charge in [0.25, 0.3) is 11.8 Å². The average molecular weight is 436 g/mol. The van der Waals surface area contributed by atoms with Crippen LogP contribution >= 0.6 is 31.9 Å². The van der Waals surface area contributed by atoms with Crippen molar-refractivity contribution in [3.05, 3.63) is 20.8 Å². The van der Waals surface area contributed by atoms with Crippen molar-refractivity contribution in [2.45, 2.75) is 18.9 Å². The molecule has 1 aliphatic heterocycles. The van der Waals surface area contributed by atoms with Crippen molar-refractivity contribution in [2.75, 3.05) is 13.6 Å². The summed E-state index contributed by atoms with van der Waals surface area (Å²) in [7, 11) is 3.23. The molecule has 0 bridgehead atoms. The first-order valence-electron chi connectivity index (χ1n) is 6.70. The monoisotopic (exact) mass is 434 g/mol. The number of carbonyl (C=O) groups is 3. The number of aromatic nitrogens is 1. The zero-order chi connectivity index (χ0) is 16.4. The molecular weight excluding hydrogens is 420 g/mol. The molecule has 1 aromatic rings. The number of nitrogens with zero attached hydrogens (tertiary/aromatic N) is 2. The summed E-state index contributed by atoms with van der Waals surface area (Å²) >= 11 is 6.72. The maximum absolute atomic E-state index is 12.1. The van der Waals surface area contributed by atoms with Crippen LogP contribution in [0.4, 0.5) is 4.79 Å². The number of halogens is 2. The molecule has 0 radical (unpaired) electrons. The van der Waals surface area contributed by atoms with Crippen LogP contribution in [0, 0.1) is 0 Å². The number of nitrogens with one attached hydrogen (secondary N) is 2. The molecule has 2 rings (SSSR count). The zero-order valence-electron chi connectivity index (χ0n) is 12.2. The Morgan fingerprint density at radius 3 is 2.55 bits per heavy atom. The summed E-state index contributed by atoms with van der Waals surface area (Å²) in [5.41, 5.74) is 0.531. The molecule has 120 valence electrons. The Hall–Kier alpha value is -1.35. The van der Waals surface area contributed by atoms with Crippen molar-refractivity contribution in [2.24, 2.45) is 7.05 Å². The molecule has 22 heavy (non-hydrogen) atoms. The molecule has 4 amide bonds. The number of urea groups is 1. The van der Waals surface area contributed by atoms with Gasteiger partial charge in [-0.05, 0) is 50.8 Å². The fourth-order valence-corrected chi connectivity index (χ4v) is 2.98. The maximum atomic E-state index is 12.1. The van der Waals surface area contributed by atoms with E-state index in [1.165, 1.54) is 7.05 Å². The van der Waals surface area contributed by atoms with Crippen LogP contribution in [0.3, 0.4) is 0 Å². The van der Waals surface area contributed by atoms with Gasteiger partial charge in [0.1, 0.15) is 11.7 Å². The molecule has 1 fully saturated rings. The summed E-state index contributed by atoms with van der Waals surface area (Å²) in [5, 5.41) is 5.40. The molecule has 1 aromatic heterocycles. The van der Waals surface area contributed by atoms with E-state index in [0.29, 0.717) is 25.1 Å². The first kappa shape index (κ1) is 17.0. The van der Waals surface area contributed by atoms with Crippen molar-refractivity contribution in [3.63, 3.8) is 0 Å². The minimum Gasteiger partial charge on any atom is -0.351 e. The Balaban J connectivity index is 1.79. The third kappa shape index (κ3) is 3.35. The van der Waals surface area contributed by atoms with Crippen LogP contribution in [0.2, 0.25) is 0 Å². The molecule has 0 saturated carbocycles. The Bertz CT molecular complexity index is 629. The predicted octanol–water partition coefficient (Wildman–Crippen LogP) is 1.61. The van der Waals surface area contributed by atoms with Gasteiger partial charge in [-0.1, -0.05) is 0 Å². The van der Waals surface area contributed by atoms with E-state index in [2.05, 4.69) is 42.5 Å². The van der Waals surface area contributed by atoms with Crippen molar-refractivity contribution < 1.29 is 14.4 Å². The van der Waals surface area contributed by atoms with E-state index in [-0.39, 0.29) is 17.8 Å². The van der Waals surface area contributed by atoms with Gasteiger partial charge < -0.3 is 15.2 Å². The lowest BCUT2D eigenvalue weighted by Crippen LogP contribution is -2.31. The number of hydrogen-bond donors (Lipinski definition) is 2. The summed E-state index contributed by atoms with van der Waals surface area (Å²) in [6.07, 6.45) is 1.10. The second kappa shape index (κ2) is 6.82. The average Bonchev–Trinajstić information content (AvgIpc) is 2.88. The van der Waals surface area contributed by atoms with Crippen LogP contribution < -0.4 is 10.6 Å². The van der Waals surface area contributed by atoms with Crippen LogP contribution in [0.5, 0.6) is 0 Å². The second-order valence-electron chi connectivity index (χ2n) is 5.02. The molecule has 2 N–H and O–H groups in total. The van der Waals surface area contributed by atoms with Crippen LogP contribution in [-0.4, -0.2) is 46.9 Å². The van der Waals surface area contributed by atoms with Gasteiger partial charge >= 0.3 is 6.03 Å². The molecule has 2 heterocycles. The molecule has 0 aliphatic carbocycles. The lowest BCUT2D eigenvalue weighted by Gasteiger charge is -2.09. The van der Waals surface area contributed by atoms with Crippen LogP contribution in [0.15, 0.2) is 15.1 Å². The molecule has 0 aromatic carbocycles. The Kier molecular flexibility index (Phi) is 5.28. The lowest BCUT2D eigenvalue weighted by molar-refractivity contribution is -0.126. The van der Waals surface area contributed by atoms with Gasteiger partial charge in [-0.2, -0.15) is 0 Å². The molecule has 1 saturated heterocycles. The Morgan fingerprint density at radius 1 is 1.36 bits per heavy atom. The van der Waals surface area contributed by atoms with Crippen molar-refractivity contribution in [1.82, 2.24) is 20.1 Å². The third-order valence-corrected chi connectivity index (χ3v) is 5.63. The molecule has 1 atom stereocenters. The van der Waals surface area contributed by atoms with Gasteiger partial charge in [-0.25, -0.2) is 4.79 Å². The van der Waals surface area contributed by atoms with E-state index in [4.69, 9.17) is 0 Å². The van der Waals surface area contributed by atoms with Crippen molar-refractivity contribution in [1.29, 1.82) is 0 Å². The number of amides is 4. The standard InChI is InChI=1S/C13H16Br2N4O3/c1-18-9(6-7(14)10(18)15)11(20)16-5-3-4-8-12(21)19(2)13(22)17-8/h6,8H,3-5H2,1-2H3,(H,16,20)(H,17,22). The summed E-state index contributed by atoms with van der Waals surface area (Å²) in [6.45, 7) is 0.433. The topological polar surface area (TPSA) is 83.4 Å². The summed E-state index contributed by atoms with van der Waals surface area (Å²) in [4.78, 5) is 36.1. The highest BCUT2D eigenvalue weighted by molar-refractivity contribution is 9.13. The van der Waals surface area contributed by atoms with Gasteiger partial charge in [0.2, 0.25) is 0 Å². The van der Waals surface area contributed by atoms with Gasteiger partial charge in [-0.15, -0.1) is 0 Å². The number of imide groups is 1. The van der Waals surface area contributed by atoms with E-state index in [9.17, 15) is 14.4 Å². The zero-order valence-corrected chi connectivity index (χ0v) is 15.3. The van der Waals surface area contributed by atoms with E-state index >= 15 is 0 Å². The Labute approximate surface area is 144 Å². The largest absolute Gasteiger partial charge is 0.351 e. The van der Waals surface area contributed by atoms with E-state index in [1.54, 1.807) is 17.7 Å². The number of rotatable bonds is 5. The van der Waals surface area contributed by atoms with E-state index in [1.807, 2.05) is 0 Å². The highest BCUT2D eigenvalue weighted by Crippen LogP contribution is 2.26. The van der Waals surface area contributed by atoms with E-state index < -0.39 is 6.04 Å². The molecular formula is C13H16Br2N4O3. The Morgan fingerprint density at radius 2 is 2.05 bits per heavy atom. The molecule has 7 nitrogen and oxygen atoms in total. The lowest BCUT2D eigenvalue weighted by atomic mass is 10.1. The SMILES string of the molecule is CN1C(=O)NC(CCCNC(=O)c2cc(Br)c(Br)n2C)C1=O. The fourth-order valence-electron chi connectivity index (χ4n) is 2.20. The third-order valence-electron chi connectivity index (χ3n) is 3.54. The van der Waals surface area contributed by atoms with Crippen LogP contribution in [-0.2, 0) is 11.8 Å². The highest BCUT2D eigenvalue weighted by atomic mass is 79.9. The minimum absolute atomic E-state index is 0.187. The first-order chi connectivity index (χ1) is 10.3. The van der Waals surface area contributed by atoms with Gasteiger partial charge in [-0.3, -0.25) is 14.5 Å². The quantitative estimate of drug-likeness (QED) is 0.544. The highest BCUT2D eigenvalue weighted by Gasteiger charge is 2.34. The van der Waals surface area contributed by atoms with E-state index in [0.717, 1.165) is 14.0 Å². The first-order valence-corrected chi connectivity index (χ1v) is 8.28. The van der Waals surface area contributed by atoms with Crippen LogP contribution in [0.25, 0.3) is 0 Å². The summed E-state index contributed by atoms with van der Waals surface area (Å²) < 4.78 is 3.33. The molecule has 0 spiro atoms. The number of hydrogen-bond acceptors (Lipinski definition) is 3. The fraction of sp³-hybridized carbons (Fsp3) is 0.462. The second-order valence-corrected chi connectivity index (χ2v) is 6.63. The molecule has 1 unspecified atom stereocenters. The normalized spacial score (nSPS) is 17.8. The summed E-state index contributed by atoms with van der Waals surface area (Å²) in [5.74, 6) is -0.417. The molecule has 9 heteroatoms. The maximum Gasteiger partial charge on any atom is 0.324 e. The van der Waals surface area contributed by atoms with Gasteiger partial charge in [0.05, 0.1) is 9.08 Å². The summed E-state index contributed by atoms with van der Waals surface area (Å²) in [6, 6.07) is 0.861. The van der Waals surface area contributed by atoms with Crippen LogP contribution in [0.1, 0.15) is 23.3 Å². The van der Waals surface area contributed by atoms with Gasteiger partial charge in [0.15, 0.2) is 0 Å². The number of carbonyl (C=O) groups excluding carboxylic acids is 3. The minimum atomic E-state index is -0.493. The van der Waals surface area contributed by atoms with Gasteiger partial charge in [0, 0.05) is 20.6 Å². The predicted molar refractivity (Wildman–Crippen MR) is 87.5 cm³/mol. The number of likely N-dealkylation sites (N-methyl/N-ethyl adjacent to an activating group) is 1. The molecule has 1 aliphatic rings.